The molecule has 3 heterocycles. The molecule has 7 heteroatoms. The van der Waals surface area contributed by atoms with Crippen molar-refractivity contribution in [1.82, 2.24) is 19.5 Å². The first-order chi connectivity index (χ1) is 9.69. The maximum absolute atomic E-state index is 5.83. The van der Waals surface area contributed by atoms with Gasteiger partial charge in [0, 0.05) is 13.5 Å². The topological polar surface area (TPSA) is 88.1 Å². The van der Waals surface area contributed by atoms with Gasteiger partial charge in [-0.1, -0.05) is 0 Å². The highest BCUT2D eigenvalue weighted by molar-refractivity contribution is 5.81. The molecule has 1 saturated heterocycles. The number of nitrogen functional groups attached to an aromatic ring is 1. The lowest BCUT2D eigenvalue weighted by atomic mass is 10.3. The summed E-state index contributed by atoms with van der Waals surface area (Å²) in [5.74, 6) is 1.03. The highest BCUT2D eigenvalue weighted by Gasteiger charge is 2.28. The van der Waals surface area contributed by atoms with Gasteiger partial charge in [-0.3, -0.25) is 4.57 Å². The Kier molecular flexibility index (Phi) is 4.17. The molecule has 0 bridgehead atoms. The number of nitrogens with zero attached hydrogens (tertiary/aromatic N) is 4. The monoisotopic (exact) mass is 275 g/mol. The smallest absolute Gasteiger partial charge is 0.167 e. The van der Waals surface area contributed by atoms with Crippen molar-refractivity contribution in [1.29, 1.82) is 0 Å². The Bertz CT molecular complexity index is 622. The van der Waals surface area contributed by atoms with Crippen LogP contribution in [0.5, 0.6) is 0 Å². The van der Waals surface area contributed by atoms with Crippen molar-refractivity contribution < 1.29 is 9.47 Å². The molecule has 106 valence electrons. The first-order valence-electron chi connectivity index (χ1n) is 6.17. The van der Waals surface area contributed by atoms with Crippen LogP contribution < -0.4 is 5.73 Å². The zero-order chi connectivity index (χ0) is 14.7. The number of aromatic nitrogens is 4. The summed E-state index contributed by atoms with van der Waals surface area (Å²) in [5.41, 5.74) is 7.16. The van der Waals surface area contributed by atoms with Crippen LogP contribution in [0.1, 0.15) is 24.9 Å². The summed E-state index contributed by atoms with van der Waals surface area (Å²) in [6, 6.07) is 0. The molecule has 1 aliphatic heterocycles. The fourth-order valence-electron chi connectivity index (χ4n) is 2.23. The quantitative estimate of drug-likeness (QED) is 0.830. The van der Waals surface area contributed by atoms with Gasteiger partial charge in [0.05, 0.1) is 6.33 Å². The molecule has 2 aromatic heterocycles. The van der Waals surface area contributed by atoms with Crippen molar-refractivity contribution in [2.45, 2.75) is 32.3 Å². The maximum Gasteiger partial charge on any atom is 0.167 e. The van der Waals surface area contributed by atoms with E-state index in [0.717, 1.165) is 12.8 Å². The van der Waals surface area contributed by atoms with E-state index >= 15 is 0 Å². The molecule has 0 radical (unpaired) electrons. The number of rotatable bonds is 2. The van der Waals surface area contributed by atoms with E-state index in [-0.39, 0.29) is 12.5 Å². The number of terminal acetylenes is 1. The molecule has 2 N–H and O–H groups in total. The second-order valence-corrected chi connectivity index (χ2v) is 4.31. The van der Waals surface area contributed by atoms with Crippen molar-refractivity contribution >= 4 is 17.0 Å². The van der Waals surface area contributed by atoms with Crippen LogP contribution in [0.2, 0.25) is 0 Å². The minimum atomic E-state index is -0.160. The molecule has 1 unspecified atom stereocenters. The average Bonchev–Trinajstić information content (AvgIpc) is 3.06. The summed E-state index contributed by atoms with van der Waals surface area (Å²) < 4.78 is 12.8. The summed E-state index contributed by atoms with van der Waals surface area (Å²) in [6.45, 7) is 1.81. The predicted octanol–water partition coefficient (Wildman–Crippen LogP) is 1.25. The average molecular weight is 275 g/mol. The molecular weight excluding hydrogens is 258 g/mol. The number of anilines is 1. The number of nitrogens with two attached hydrogens (primary N) is 1. The van der Waals surface area contributed by atoms with Gasteiger partial charge >= 0.3 is 0 Å². The number of ether oxygens (including phenoxy) is 2. The second-order valence-electron chi connectivity index (χ2n) is 4.31. The van der Waals surface area contributed by atoms with E-state index in [2.05, 4.69) is 27.8 Å². The minimum absolute atomic E-state index is 0.103. The molecule has 0 amide bonds. The molecule has 2 aromatic rings. The zero-order valence-electron chi connectivity index (χ0n) is 11.5. The molecule has 1 fully saturated rings. The molecule has 1 aliphatic rings. The summed E-state index contributed by atoms with van der Waals surface area (Å²) >= 11 is 0. The van der Waals surface area contributed by atoms with E-state index < -0.39 is 0 Å². The lowest BCUT2D eigenvalue weighted by Gasteiger charge is -2.14. The van der Waals surface area contributed by atoms with E-state index in [1.54, 1.807) is 20.4 Å². The van der Waals surface area contributed by atoms with Crippen LogP contribution in [-0.2, 0) is 9.47 Å². The summed E-state index contributed by atoms with van der Waals surface area (Å²) in [5, 5.41) is 0. The van der Waals surface area contributed by atoms with E-state index in [4.69, 9.17) is 15.2 Å². The highest BCUT2D eigenvalue weighted by atomic mass is 16.7. The van der Waals surface area contributed by atoms with Crippen LogP contribution in [-0.4, -0.2) is 32.9 Å². The summed E-state index contributed by atoms with van der Waals surface area (Å²) in [4.78, 5) is 12.7. The third-order valence-electron chi connectivity index (χ3n) is 3.09. The molecule has 0 saturated carbocycles. The van der Waals surface area contributed by atoms with E-state index in [0.29, 0.717) is 22.8 Å². The van der Waals surface area contributed by atoms with Gasteiger partial charge in [0.15, 0.2) is 17.8 Å². The molecule has 20 heavy (non-hydrogen) atoms. The zero-order valence-corrected chi connectivity index (χ0v) is 11.5. The second kappa shape index (κ2) is 5.86. The maximum atomic E-state index is 5.83. The van der Waals surface area contributed by atoms with Crippen molar-refractivity contribution in [3.05, 3.63) is 12.2 Å². The molecule has 2 atom stereocenters. The molecular formula is C13H17N5O2. The molecule has 0 spiro atoms. The molecule has 0 aromatic carbocycles. The number of methoxy groups -OCH3 is 1. The normalized spacial score (nSPS) is 21.6. The number of hydrogen-bond acceptors (Lipinski definition) is 6. The Hall–Kier alpha value is -2.17. The molecule has 3 rings (SSSR count). The Balaban J connectivity index is 0.000000704. The fourth-order valence-corrected chi connectivity index (χ4v) is 2.23. The highest BCUT2D eigenvalue weighted by Crippen LogP contribution is 2.31. The van der Waals surface area contributed by atoms with E-state index in [9.17, 15) is 0 Å². The van der Waals surface area contributed by atoms with Gasteiger partial charge in [-0.2, -0.15) is 0 Å². The number of fused-ring (bicyclic) bond motifs is 1. The molecule has 0 aliphatic carbocycles. The van der Waals surface area contributed by atoms with Crippen LogP contribution in [0, 0.1) is 19.8 Å². The van der Waals surface area contributed by atoms with E-state index in [1.807, 2.05) is 4.57 Å². The lowest BCUT2D eigenvalue weighted by molar-refractivity contribution is -0.132. The Morgan fingerprint density at radius 2 is 2.15 bits per heavy atom. The van der Waals surface area contributed by atoms with Crippen molar-refractivity contribution in [2.75, 3.05) is 12.8 Å². The summed E-state index contributed by atoms with van der Waals surface area (Å²) in [7, 11) is 1.64. The van der Waals surface area contributed by atoms with Crippen molar-refractivity contribution in [2.24, 2.45) is 0 Å². The van der Waals surface area contributed by atoms with Crippen molar-refractivity contribution in [3.8, 4) is 12.8 Å². The lowest BCUT2D eigenvalue weighted by Crippen LogP contribution is -2.12. The first-order valence-corrected chi connectivity index (χ1v) is 6.17. The fraction of sp³-hybridized carbons (Fsp3) is 0.462. The third kappa shape index (κ3) is 2.43. The van der Waals surface area contributed by atoms with Crippen LogP contribution in [0.4, 0.5) is 5.82 Å². The number of imidazole rings is 1. The van der Waals surface area contributed by atoms with Gasteiger partial charge < -0.3 is 15.2 Å². The standard InChI is InChI=1S/C11H15N5O2.C2H2/c1-6-14-10(12)9-11(15-6)16(5-13-9)7-3-4-8(17-2)18-7;1-2/h5,7-8H,3-4H2,1-2H3,(H2,12,14,15);1-2H/t7?,8-;/m0./s1. The Morgan fingerprint density at radius 3 is 2.80 bits per heavy atom. The largest absolute Gasteiger partial charge is 0.382 e. The van der Waals surface area contributed by atoms with Crippen LogP contribution in [0.3, 0.4) is 0 Å². The number of hydrogen-bond donors (Lipinski definition) is 1. The first kappa shape index (κ1) is 14.2. The minimum Gasteiger partial charge on any atom is -0.382 e. The van der Waals surface area contributed by atoms with Gasteiger partial charge in [-0.15, -0.1) is 12.8 Å². The van der Waals surface area contributed by atoms with Gasteiger partial charge in [0.2, 0.25) is 0 Å². The molecule has 7 nitrogen and oxygen atoms in total. The van der Waals surface area contributed by atoms with Crippen molar-refractivity contribution in [3.63, 3.8) is 0 Å². The SMILES string of the molecule is C#C.CO[C@@H]1CCC(n2cnc3c(N)nc(C)nc32)O1. The predicted molar refractivity (Wildman–Crippen MR) is 74.5 cm³/mol. The number of aryl methyl sites for hydroxylation is 1. The van der Waals surface area contributed by atoms with Gasteiger partial charge in [-0.05, 0) is 13.3 Å². The van der Waals surface area contributed by atoms with Crippen LogP contribution in [0.15, 0.2) is 6.33 Å². The summed E-state index contributed by atoms with van der Waals surface area (Å²) in [6.07, 6.45) is 11.2. The van der Waals surface area contributed by atoms with Crippen LogP contribution >= 0.6 is 0 Å². The van der Waals surface area contributed by atoms with Gasteiger partial charge in [0.1, 0.15) is 17.6 Å². The third-order valence-corrected chi connectivity index (χ3v) is 3.09. The Morgan fingerprint density at radius 1 is 1.40 bits per heavy atom. The van der Waals surface area contributed by atoms with Crippen LogP contribution in [0.25, 0.3) is 11.2 Å². The Labute approximate surface area is 117 Å². The van der Waals surface area contributed by atoms with Gasteiger partial charge in [0.25, 0.3) is 0 Å². The van der Waals surface area contributed by atoms with E-state index in [1.165, 1.54) is 0 Å². The van der Waals surface area contributed by atoms with Gasteiger partial charge in [-0.25, -0.2) is 15.0 Å².